The molecule has 2 heterocycles. The molecular weight excluding hydrogens is 356 g/mol. The summed E-state index contributed by atoms with van der Waals surface area (Å²) in [6, 6.07) is 3.47. The summed E-state index contributed by atoms with van der Waals surface area (Å²) in [6.07, 6.45) is 0. The molecule has 1 aliphatic heterocycles. The first-order chi connectivity index (χ1) is 12.3. The molecule has 0 bridgehead atoms. The predicted octanol–water partition coefficient (Wildman–Crippen LogP) is 1.51. The van der Waals surface area contributed by atoms with Crippen molar-refractivity contribution in [2.45, 2.75) is 32.2 Å². The minimum atomic E-state index is -3.61. The number of rotatable bonds is 5. The Balaban J connectivity index is 1.73. The maximum absolute atomic E-state index is 13.1. The van der Waals surface area contributed by atoms with Gasteiger partial charge in [-0.15, -0.1) is 10.2 Å². The predicted molar refractivity (Wildman–Crippen MR) is 95.5 cm³/mol. The fourth-order valence-corrected chi connectivity index (χ4v) is 4.63. The van der Waals surface area contributed by atoms with Gasteiger partial charge in [0.2, 0.25) is 21.8 Å². The van der Waals surface area contributed by atoms with E-state index in [0.717, 1.165) is 11.1 Å². The molecule has 3 rings (SSSR count). The molecule has 1 saturated heterocycles. The Morgan fingerprint density at radius 1 is 1.08 bits per heavy atom. The van der Waals surface area contributed by atoms with E-state index in [4.69, 9.17) is 9.15 Å². The normalized spacial score (nSPS) is 16.8. The lowest BCUT2D eigenvalue weighted by atomic mass is 10.1. The van der Waals surface area contributed by atoms with Gasteiger partial charge in [-0.25, -0.2) is 8.42 Å². The number of hydrogen-bond donors (Lipinski definition) is 0. The lowest BCUT2D eigenvalue weighted by Crippen LogP contribution is -2.48. The van der Waals surface area contributed by atoms with E-state index in [9.17, 15) is 8.42 Å². The first-order valence-electron chi connectivity index (χ1n) is 8.48. The Morgan fingerprint density at radius 3 is 2.31 bits per heavy atom. The molecule has 0 N–H and O–H groups in total. The quantitative estimate of drug-likeness (QED) is 0.777. The number of ether oxygens (including phenoxy) is 1. The second-order valence-electron chi connectivity index (χ2n) is 6.48. The number of sulfonamides is 1. The Morgan fingerprint density at radius 2 is 1.73 bits per heavy atom. The largest absolute Gasteiger partial charge is 0.495 e. The van der Waals surface area contributed by atoms with Crippen molar-refractivity contribution >= 4 is 10.0 Å². The van der Waals surface area contributed by atoms with Gasteiger partial charge in [0, 0.05) is 33.1 Å². The SMILES string of the molecule is COc1cc(C)c(C)cc1S(=O)(=O)N1CCN(Cc2nnc(C)o2)CC1. The highest BCUT2D eigenvalue weighted by Crippen LogP contribution is 2.30. The van der Waals surface area contributed by atoms with Crippen LogP contribution < -0.4 is 4.74 Å². The van der Waals surface area contributed by atoms with E-state index in [1.54, 1.807) is 19.1 Å². The van der Waals surface area contributed by atoms with Crippen molar-refractivity contribution in [1.82, 2.24) is 19.4 Å². The lowest BCUT2D eigenvalue weighted by molar-refractivity contribution is 0.167. The second-order valence-corrected chi connectivity index (χ2v) is 8.39. The van der Waals surface area contributed by atoms with Gasteiger partial charge in [0.1, 0.15) is 10.6 Å². The summed E-state index contributed by atoms with van der Waals surface area (Å²) in [5.74, 6) is 1.47. The number of hydrogen-bond acceptors (Lipinski definition) is 7. The molecule has 0 radical (unpaired) electrons. The average Bonchev–Trinajstić information content (AvgIpc) is 3.02. The van der Waals surface area contributed by atoms with Crippen LogP contribution in [0.25, 0.3) is 0 Å². The van der Waals surface area contributed by atoms with Crippen molar-refractivity contribution < 1.29 is 17.6 Å². The van der Waals surface area contributed by atoms with Crippen LogP contribution in [0.1, 0.15) is 22.9 Å². The maximum atomic E-state index is 13.1. The zero-order valence-electron chi connectivity index (χ0n) is 15.5. The minimum Gasteiger partial charge on any atom is -0.495 e. The summed E-state index contributed by atoms with van der Waals surface area (Å²) in [7, 11) is -2.11. The molecule has 1 aliphatic rings. The Labute approximate surface area is 153 Å². The monoisotopic (exact) mass is 380 g/mol. The first kappa shape index (κ1) is 18.8. The maximum Gasteiger partial charge on any atom is 0.246 e. The molecule has 0 atom stereocenters. The van der Waals surface area contributed by atoms with Crippen molar-refractivity contribution in [3.05, 3.63) is 35.0 Å². The summed E-state index contributed by atoms with van der Waals surface area (Å²) in [5, 5.41) is 7.81. The molecule has 0 spiro atoms. The van der Waals surface area contributed by atoms with Gasteiger partial charge in [0.25, 0.3) is 0 Å². The standard InChI is InChI=1S/C17H24N4O4S/c1-12-9-15(24-4)16(10-13(12)2)26(22,23)21-7-5-20(6-8-21)11-17-19-18-14(3)25-17/h9-10H,5-8,11H2,1-4H3. The summed E-state index contributed by atoms with van der Waals surface area (Å²) >= 11 is 0. The van der Waals surface area contributed by atoms with E-state index in [2.05, 4.69) is 15.1 Å². The van der Waals surface area contributed by atoms with Crippen LogP contribution >= 0.6 is 0 Å². The lowest BCUT2D eigenvalue weighted by Gasteiger charge is -2.33. The summed E-state index contributed by atoms with van der Waals surface area (Å²) in [5.41, 5.74) is 1.93. The molecule has 1 aromatic heterocycles. The van der Waals surface area contributed by atoms with Crippen LogP contribution in [0.5, 0.6) is 5.75 Å². The Kier molecular flexibility index (Phi) is 5.31. The third-order valence-corrected chi connectivity index (χ3v) is 6.58. The van der Waals surface area contributed by atoms with Gasteiger partial charge in [0.15, 0.2) is 0 Å². The van der Waals surface area contributed by atoms with Gasteiger partial charge in [-0.2, -0.15) is 4.31 Å². The molecule has 0 unspecified atom stereocenters. The molecule has 1 fully saturated rings. The van der Waals surface area contributed by atoms with Gasteiger partial charge in [-0.1, -0.05) is 0 Å². The van der Waals surface area contributed by atoms with Gasteiger partial charge in [0.05, 0.1) is 13.7 Å². The van der Waals surface area contributed by atoms with Gasteiger partial charge >= 0.3 is 0 Å². The van der Waals surface area contributed by atoms with E-state index in [1.807, 2.05) is 13.8 Å². The zero-order chi connectivity index (χ0) is 18.9. The average molecular weight is 380 g/mol. The van der Waals surface area contributed by atoms with E-state index in [1.165, 1.54) is 11.4 Å². The van der Waals surface area contributed by atoms with Crippen LogP contribution in [-0.2, 0) is 16.6 Å². The van der Waals surface area contributed by atoms with Gasteiger partial charge < -0.3 is 9.15 Å². The van der Waals surface area contributed by atoms with Crippen LogP contribution in [0.4, 0.5) is 0 Å². The topological polar surface area (TPSA) is 88.8 Å². The molecule has 0 saturated carbocycles. The van der Waals surface area contributed by atoms with Gasteiger partial charge in [-0.05, 0) is 37.1 Å². The highest BCUT2D eigenvalue weighted by Gasteiger charge is 2.31. The van der Waals surface area contributed by atoms with Crippen molar-refractivity contribution in [3.8, 4) is 5.75 Å². The highest BCUT2D eigenvalue weighted by atomic mass is 32.2. The fourth-order valence-electron chi connectivity index (χ4n) is 2.98. The molecule has 0 aliphatic carbocycles. The smallest absolute Gasteiger partial charge is 0.246 e. The van der Waals surface area contributed by atoms with Crippen LogP contribution in [-0.4, -0.2) is 61.1 Å². The molecule has 142 valence electrons. The number of methoxy groups -OCH3 is 1. The number of nitrogens with zero attached hydrogens (tertiary/aromatic N) is 4. The van der Waals surface area contributed by atoms with E-state index in [0.29, 0.717) is 50.3 Å². The molecule has 26 heavy (non-hydrogen) atoms. The zero-order valence-corrected chi connectivity index (χ0v) is 16.3. The minimum absolute atomic E-state index is 0.226. The molecule has 8 nitrogen and oxygen atoms in total. The third kappa shape index (κ3) is 3.74. The summed E-state index contributed by atoms with van der Waals surface area (Å²) in [4.78, 5) is 2.33. The number of benzene rings is 1. The van der Waals surface area contributed by atoms with Crippen molar-refractivity contribution in [2.24, 2.45) is 0 Å². The molecule has 1 aromatic carbocycles. The second kappa shape index (κ2) is 7.34. The van der Waals surface area contributed by atoms with Crippen LogP contribution in [0, 0.1) is 20.8 Å². The fraction of sp³-hybridized carbons (Fsp3) is 0.529. The third-order valence-electron chi connectivity index (χ3n) is 4.66. The van der Waals surface area contributed by atoms with E-state index >= 15 is 0 Å². The van der Waals surface area contributed by atoms with Crippen molar-refractivity contribution in [2.75, 3.05) is 33.3 Å². The van der Waals surface area contributed by atoms with Crippen LogP contribution in [0.2, 0.25) is 0 Å². The molecule has 0 amide bonds. The molecule has 2 aromatic rings. The van der Waals surface area contributed by atoms with Crippen molar-refractivity contribution in [1.29, 1.82) is 0 Å². The summed E-state index contributed by atoms with van der Waals surface area (Å²) < 4.78 is 38.4. The van der Waals surface area contributed by atoms with E-state index in [-0.39, 0.29) is 4.90 Å². The molecule has 9 heteroatoms. The van der Waals surface area contributed by atoms with Crippen LogP contribution in [0.3, 0.4) is 0 Å². The Hall–Kier alpha value is -1.97. The highest BCUT2D eigenvalue weighted by molar-refractivity contribution is 7.89. The number of aromatic nitrogens is 2. The van der Waals surface area contributed by atoms with E-state index < -0.39 is 10.0 Å². The van der Waals surface area contributed by atoms with Crippen LogP contribution in [0.15, 0.2) is 21.4 Å². The van der Waals surface area contributed by atoms with Crippen molar-refractivity contribution in [3.63, 3.8) is 0 Å². The van der Waals surface area contributed by atoms with Gasteiger partial charge in [-0.3, -0.25) is 4.90 Å². The Bertz CT molecular complexity index is 886. The number of piperazine rings is 1. The summed E-state index contributed by atoms with van der Waals surface area (Å²) in [6.45, 7) is 8.14. The number of aryl methyl sites for hydroxylation is 3. The first-order valence-corrected chi connectivity index (χ1v) is 9.92. The molecular formula is C17H24N4O4S.